The van der Waals surface area contributed by atoms with Crippen molar-refractivity contribution in [2.45, 2.75) is 19.4 Å². The summed E-state index contributed by atoms with van der Waals surface area (Å²) in [5.41, 5.74) is 5.00. The van der Waals surface area contributed by atoms with Crippen LogP contribution in [0.2, 0.25) is 0 Å². The predicted molar refractivity (Wildman–Crippen MR) is 83.3 cm³/mol. The first kappa shape index (κ1) is 15.4. The van der Waals surface area contributed by atoms with E-state index in [4.69, 9.17) is 10.8 Å². The van der Waals surface area contributed by atoms with E-state index < -0.39 is 22.8 Å². The zero-order chi connectivity index (χ0) is 16.7. The fourth-order valence-corrected chi connectivity index (χ4v) is 3.00. The summed E-state index contributed by atoms with van der Waals surface area (Å²) in [5.74, 6) is -1.63. The van der Waals surface area contributed by atoms with Crippen molar-refractivity contribution in [2.75, 3.05) is 18.0 Å². The lowest BCUT2D eigenvalue weighted by Crippen LogP contribution is -2.29. The standard InChI is InChI=1S/C15H17FN4O3/c1-2-7-5-20(6-11(7)17)14-10(16)3-8-12(21)9(15(22)23)4-18-13(8)19-14/h3-4,7,11H,2,5-6,17H2,1H3,(H,22,23)(H,18,19,21)/t7-,11+/m0/s1. The number of aromatic amines is 1. The van der Waals surface area contributed by atoms with Gasteiger partial charge in [0.25, 0.3) is 0 Å². The molecule has 0 aliphatic carbocycles. The van der Waals surface area contributed by atoms with Crippen LogP contribution in [0.25, 0.3) is 11.0 Å². The molecule has 0 bridgehead atoms. The SMILES string of the molecule is CC[C@H]1CN(c2nc3[nH]cc(C(=O)O)c(=O)c3cc2F)C[C@H]1N. The van der Waals surface area contributed by atoms with Crippen molar-refractivity contribution in [3.05, 3.63) is 33.9 Å². The quantitative estimate of drug-likeness (QED) is 0.775. The molecular formula is C15H17FN4O3. The molecular weight excluding hydrogens is 303 g/mol. The molecule has 2 aromatic heterocycles. The molecule has 122 valence electrons. The summed E-state index contributed by atoms with van der Waals surface area (Å²) in [6.07, 6.45) is 1.97. The molecule has 0 spiro atoms. The zero-order valence-electron chi connectivity index (χ0n) is 12.5. The van der Waals surface area contributed by atoms with E-state index in [0.29, 0.717) is 13.1 Å². The van der Waals surface area contributed by atoms with Crippen LogP contribution in [0.5, 0.6) is 0 Å². The van der Waals surface area contributed by atoms with Crippen LogP contribution in [0.15, 0.2) is 17.1 Å². The number of nitrogens with one attached hydrogen (secondary N) is 1. The normalized spacial score (nSPS) is 21.1. The number of carboxylic acid groups (broad SMARTS) is 1. The molecule has 23 heavy (non-hydrogen) atoms. The van der Waals surface area contributed by atoms with Crippen LogP contribution in [0.1, 0.15) is 23.7 Å². The van der Waals surface area contributed by atoms with Crippen molar-refractivity contribution in [1.82, 2.24) is 9.97 Å². The average molecular weight is 320 g/mol. The van der Waals surface area contributed by atoms with Gasteiger partial charge in [-0.3, -0.25) is 4.79 Å². The number of nitrogens with two attached hydrogens (primary N) is 1. The number of nitrogens with zero attached hydrogens (tertiary/aromatic N) is 2. The number of H-pyrrole nitrogens is 1. The maximum atomic E-state index is 14.4. The van der Waals surface area contributed by atoms with E-state index in [1.807, 2.05) is 6.92 Å². The first-order valence-electron chi connectivity index (χ1n) is 7.38. The second-order valence-corrected chi connectivity index (χ2v) is 5.76. The van der Waals surface area contributed by atoms with Crippen LogP contribution < -0.4 is 16.1 Å². The van der Waals surface area contributed by atoms with Crippen LogP contribution in [0.4, 0.5) is 10.2 Å². The van der Waals surface area contributed by atoms with Crippen LogP contribution in [0, 0.1) is 11.7 Å². The molecule has 0 aromatic carbocycles. The average Bonchev–Trinajstić information content (AvgIpc) is 2.88. The van der Waals surface area contributed by atoms with Crippen LogP contribution in [-0.2, 0) is 0 Å². The van der Waals surface area contributed by atoms with E-state index in [0.717, 1.165) is 18.7 Å². The second-order valence-electron chi connectivity index (χ2n) is 5.76. The van der Waals surface area contributed by atoms with Gasteiger partial charge < -0.3 is 20.7 Å². The first-order chi connectivity index (χ1) is 10.9. The van der Waals surface area contributed by atoms with Gasteiger partial charge in [-0.05, 0) is 12.0 Å². The maximum Gasteiger partial charge on any atom is 0.341 e. The molecule has 8 heteroatoms. The van der Waals surface area contributed by atoms with Crippen molar-refractivity contribution in [1.29, 1.82) is 0 Å². The minimum Gasteiger partial charge on any atom is -0.477 e. The number of fused-ring (bicyclic) bond motifs is 1. The molecule has 2 aromatic rings. The molecule has 3 heterocycles. The van der Waals surface area contributed by atoms with Gasteiger partial charge in [0.05, 0.1) is 5.39 Å². The molecule has 0 amide bonds. The Morgan fingerprint density at radius 2 is 2.30 bits per heavy atom. The largest absolute Gasteiger partial charge is 0.477 e. The number of hydrogen-bond donors (Lipinski definition) is 3. The second kappa shape index (κ2) is 5.62. The fraction of sp³-hybridized carbons (Fsp3) is 0.400. The number of hydrogen-bond acceptors (Lipinski definition) is 5. The van der Waals surface area contributed by atoms with E-state index in [2.05, 4.69) is 9.97 Å². The lowest BCUT2D eigenvalue weighted by atomic mass is 10.0. The Bertz CT molecular complexity index is 835. The molecule has 4 N–H and O–H groups in total. The third-order valence-electron chi connectivity index (χ3n) is 4.35. The van der Waals surface area contributed by atoms with Gasteiger partial charge in [-0.15, -0.1) is 0 Å². The molecule has 0 radical (unpaired) electrons. The third-order valence-corrected chi connectivity index (χ3v) is 4.35. The van der Waals surface area contributed by atoms with Gasteiger partial charge in [-0.2, -0.15) is 0 Å². The molecule has 0 unspecified atom stereocenters. The molecule has 3 rings (SSSR count). The Kier molecular flexibility index (Phi) is 3.77. The molecule has 1 aliphatic heterocycles. The van der Waals surface area contributed by atoms with Gasteiger partial charge in [-0.25, -0.2) is 14.2 Å². The first-order valence-corrected chi connectivity index (χ1v) is 7.38. The lowest BCUT2D eigenvalue weighted by molar-refractivity contribution is 0.0695. The number of carbonyl (C=O) groups is 1. The number of anilines is 1. The predicted octanol–water partition coefficient (Wildman–Crippen LogP) is 0.934. The summed E-state index contributed by atoms with van der Waals surface area (Å²) in [4.78, 5) is 31.6. The van der Waals surface area contributed by atoms with Crippen molar-refractivity contribution in [3.63, 3.8) is 0 Å². The van der Waals surface area contributed by atoms with E-state index in [9.17, 15) is 14.0 Å². The monoisotopic (exact) mass is 320 g/mol. The maximum absolute atomic E-state index is 14.4. The molecule has 1 saturated heterocycles. The van der Waals surface area contributed by atoms with Crippen LogP contribution in [-0.4, -0.2) is 40.2 Å². The Morgan fingerprint density at radius 1 is 1.57 bits per heavy atom. The summed E-state index contributed by atoms with van der Waals surface area (Å²) < 4.78 is 14.4. The lowest BCUT2D eigenvalue weighted by Gasteiger charge is -2.18. The number of aromatic carboxylic acids is 1. The topological polar surface area (TPSA) is 112 Å². The molecule has 1 fully saturated rings. The number of halogens is 1. The molecule has 2 atom stereocenters. The van der Waals surface area contributed by atoms with E-state index in [-0.39, 0.29) is 28.8 Å². The zero-order valence-corrected chi connectivity index (χ0v) is 12.5. The highest BCUT2D eigenvalue weighted by molar-refractivity contribution is 5.91. The third kappa shape index (κ3) is 2.55. The van der Waals surface area contributed by atoms with Crippen molar-refractivity contribution in [2.24, 2.45) is 11.7 Å². The van der Waals surface area contributed by atoms with Gasteiger partial charge in [-0.1, -0.05) is 13.3 Å². The fourth-order valence-electron chi connectivity index (χ4n) is 3.00. The van der Waals surface area contributed by atoms with Gasteiger partial charge in [0.1, 0.15) is 11.2 Å². The summed E-state index contributed by atoms with van der Waals surface area (Å²) in [6, 6.07) is 0.985. The molecule has 7 nitrogen and oxygen atoms in total. The summed E-state index contributed by atoms with van der Waals surface area (Å²) in [7, 11) is 0. The number of carboxylic acids is 1. The highest BCUT2D eigenvalue weighted by Crippen LogP contribution is 2.27. The molecule has 1 aliphatic rings. The number of pyridine rings is 2. The van der Waals surface area contributed by atoms with Crippen molar-refractivity contribution in [3.8, 4) is 0 Å². The minimum atomic E-state index is -1.37. The van der Waals surface area contributed by atoms with Gasteiger partial charge in [0, 0.05) is 25.3 Å². The van der Waals surface area contributed by atoms with E-state index in [1.54, 1.807) is 4.90 Å². The summed E-state index contributed by atoms with van der Waals surface area (Å²) in [6.45, 7) is 3.12. The van der Waals surface area contributed by atoms with Gasteiger partial charge in [0.15, 0.2) is 11.6 Å². The molecule has 0 saturated carbocycles. The smallest absolute Gasteiger partial charge is 0.341 e. The van der Waals surface area contributed by atoms with Gasteiger partial charge >= 0.3 is 5.97 Å². The Balaban J connectivity index is 2.08. The number of aromatic nitrogens is 2. The minimum absolute atomic E-state index is 0.0506. The van der Waals surface area contributed by atoms with Crippen molar-refractivity contribution < 1.29 is 14.3 Å². The van der Waals surface area contributed by atoms with Crippen LogP contribution >= 0.6 is 0 Å². The summed E-state index contributed by atoms with van der Waals surface area (Å²) >= 11 is 0. The Labute approximate surface area is 130 Å². The van der Waals surface area contributed by atoms with Crippen molar-refractivity contribution >= 4 is 22.8 Å². The highest BCUT2D eigenvalue weighted by Gasteiger charge is 2.31. The Morgan fingerprint density at radius 3 is 2.91 bits per heavy atom. The highest BCUT2D eigenvalue weighted by atomic mass is 19.1. The summed E-state index contributed by atoms with van der Waals surface area (Å²) in [5, 5.41) is 8.87. The van der Waals surface area contributed by atoms with Crippen LogP contribution in [0.3, 0.4) is 0 Å². The van der Waals surface area contributed by atoms with E-state index in [1.165, 1.54) is 0 Å². The number of rotatable bonds is 3. The Hall–Kier alpha value is -2.48. The van der Waals surface area contributed by atoms with E-state index >= 15 is 0 Å². The van der Waals surface area contributed by atoms with Gasteiger partial charge in [0.2, 0.25) is 5.43 Å².